The number of rotatable bonds is 4. The maximum Gasteiger partial charge on any atom is 0.247 e. The summed E-state index contributed by atoms with van der Waals surface area (Å²) in [5.41, 5.74) is 1.61. The SMILES string of the molecule is CC(C(=O)Nc1ccc(-c2nnco2)cc1)C1CNC1. The van der Waals surface area contributed by atoms with Crippen molar-refractivity contribution in [2.45, 2.75) is 6.92 Å². The highest BCUT2D eigenvalue weighted by Gasteiger charge is 2.28. The van der Waals surface area contributed by atoms with Gasteiger partial charge >= 0.3 is 0 Å². The molecule has 0 saturated carbocycles. The number of hydrogen-bond donors (Lipinski definition) is 2. The average Bonchev–Trinajstić information content (AvgIpc) is 2.91. The molecule has 0 radical (unpaired) electrons. The van der Waals surface area contributed by atoms with Gasteiger partial charge in [-0.1, -0.05) is 6.92 Å². The third-order valence-electron chi connectivity index (χ3n) is 3.69. The Kier molecular flexibility index (Phi) is 3.47. The van der Waals surface area contributed by atoms with Crippen LogP contribution in [0.15, 0.2) is 35.1 Å². The number of aromatic nitrogens is 2. The van der Waals surface area contributed by atoms with Gasteiger partial charge in [-0.15, -0.1) is 10.2 Å². The smallest absolute Gasteiger partial charge is 0.247 e. The fourth-order valence-corrected chi connectivity index (χ4v) is 2.13. The first-order valence-corrected chi connectivity index (χ1v) is 6.62. The van der Waals surface area contributed by atoms with Gasteiger partial charge in [0.2, 0.25) is 18.2 Å². The predicted molar refractivity (Wildman–Crippen MR) is 73.9 cm³/mol. The van der Waals surface area contributed by atoms with Crippen molar-refractivity contribution in [1.82, 2.24) is 15.5 Å². The van der Waals surface area contributed by atoms with Gasteiger partial charge in [0.05, 0.1) is 0 Å². The number of anilines is 1. The largest absolute Gasteiger partial charge is 0.423 e. The Balaban J connectivity index is 1.64. The summed E-state index contributed by atoms with van der Waals surface area (Å²) in [4.78, 5) is 12.1. The number of nitrogens with zero attached hydrogens (tertiary/aromatic N) is 2. The van der Waals surface area contributed by atoms with Crippen LogP contribution in [0, 0.1) is 11.8 Å². The summed E-state index contributed by atoms with van der Waals surface area (Å²) in [6.45, 7) is 3.81. The molecule has 1 amide bonds. The molecular weight excluding hydrogens is 256 g/mol. The Hall–Kier alpha value is -2.21. The second kappa shape index (κ2) is 5.42. The fraction of sp³-hybridized carbons (Fsp3) is 0.357. The van der Waals surface area contributed by atoms with Gasteiger partial charge in [-0.25, -0.2) is 0 Å². The zero-order chi connectivity index (χ0) is 13.9. The molecule has 1 fully saturated rings. The Morgan fingerprint density at radius 2 is 2.15 bits per heavy atom. The van der Waals surface area contributed by atoms with Gasteiger partial charge in [-0.05, 0) is 43.3 Å². The van der Waals surface area contributed by atoms with Crippen molar-refractivity contribution < 1.29 is 9.21 Å². The minimum atomic E-state index is 0.0202. The molecule has 6 nitrogen and oxygen atoms in total. The third kappa shape index (κ3) is 2.55. The van der Waals surface area contributed by atoms with E-state index in [0.29, 0.717) is 11.8 Å². The fourth-order valence-electron chi connectivity index (χ4n) is 2.13. The molecule has 1 aliphatic rings. The van der Waals surface area contributed by atoms with E-state index in [0.717, 1.165) is 24.3 Å². The summed E-state index contributed by atoms with van der Waals surface area (Å²) in [5.74, 6) is 0.985. The van der Waals surface area contributed by atoms with E-state index in [9.17, 15) is 4.79 Å². The molecule has 104 valence electrons. The number of amides is 1. The van der Waals surface area contributed by atoms with Crippen molar-refractivity contribution in [2.24, 2.45) is 11.8 Å². The third-order valence-corrected chi connectivity index (χ3v) is 3.69. The topological polar surface area (TPSA) is 80.1 Å². The maximum absolute atomic E-state index is 12.1. The molecule has 20 heavy (non-hydrogen) atoms. The number of carbonyl (C=O) groups excluding carboxylic acids is 1. The molecule has 2 aromatic rings. The molecule has 0 bridgehead atoms. The van der Waals surface area contributed by atoms with E-state index in [4.69, 9.17) is 4.42 Å². The molecule has 1 saturated heterocycles. The van der Waals surface area contributed by atoms with Crippen LogP contribution in [0.3, 0.4) is 0 Å². The van der Waals surface area contributed by atoms with Crippen LogP contribution in [-0.4, -0.2) is 29.2 Å². The molecule has 1 aromatic carbocycles. The van der Waals surface area contributed by atoms with E-state index in [1.165, 1.54) is 6.39 Å². The maximum atomic E-state index is 12.1. The van der Waals surface area contributed by atoms with Gasteiger partial charge in [0.25, 0.3) is 0 Å². The average molecular weight is 272 g/mol. The molecule has 1 unspecified atom stereocenters. The minimum Gasteiger partial charge on any atom is -0.423 e. The first-order valence-electron chi connectivity index (χ1n) is 6.62. The standard InChI is InChI=1S/C14H16N4O2/c1-9(11-6-15-7-11)13(19)17-12-4-2-10(3-5-12)14-18-16-8-20-14/h2-5,8-9,11,15H,6-7H2,1H3,(H,17,19). The van der Waals surface area contributed by atoms with Crippen molar-refractivity contribution in [3.63, 3.8) is 0 Å². The molecule has 6 heteroatoms. The summed E-state index contributed by atoms with van der Waals surface area (Å²) in [6, 6.07) is 7.36. The van der Waals surface area contributed by atoms with Crippen LogP contribution in [-0.2, 0) is 4.79 Å². The van der Waals surface area contributed by atoms with Crippen LogP contribution in [0.5, 0.6) is 0 Å². The van der Waals surface area contributed by atoms with Crippen molar-refractivity contribution in [1.29, 1.82) is 0 Å². The van der Waals surface area contributed by atoms with Gasteiger partial charge in [-0.3, -0.25) is 4.79 Å². The number of benzene rings is 1. The van der Waals surface area contributed by atoms with Crippen LogP contribution in [0.4, 0.5) is 5.69 Å². The van der Waals surface area contributed by atoms with E-state index in [-0.39, 0.29) is 11.8 Å². The molecule has 1 aliphatic heterocycles. The molecule has 0 spiro atoms. The van der Waals surface area contributed by atoms with Crippen molar-refractivity contribution in [3.05, 3.63) is 30.7 Å². The number of carbonyl (C=O) groups is 1. The Morgan fingerprint density at radius 3 is 2.70 bits per heavy atom. The molecule has 2 heterocycles. The van der Waals surface area contributed by atoms with E-state index in [1.807, 2.05) is 31.2 Å². The van der Waals surface area contributed by atoms with Gasteiger partial charge in [-0.2, -0.15) is 0 Å². The summed E-state index contributed by atoms with van der Waals surface area (Å²) in [7, 11) is 0. The second-order valence-electron chi connectivity index (χ2n) is 5.02. The van der Waals surface area contributed by atoms with Crippen LogP contribution >= 0.6 is 0 Å². The second-order valence-corrected chi connectivity index (χ2v) is 5.02. The van der Waals surface area contributed by atoms with Crippen LogP contribution in [0.2, 0.25) is 0 Å². The molecule has 1 aromatic heterocycles. The van der Waals surface area contributed by atoms with E-state index < -0.39 is 0 Å². The van der Waals surface area contributed by atoms with Crippen molar-refractivity contribution in [3.8, 4) is 11.5 Å². The molecule has 3 rings (SSSR count). The number of hydrogen-bond acceptors (Lipinski definition) is 5. The number of nitrogens with one attached hydrogen (secondary N) is 2. The van der Waals surface area contributed by atoms with Gasteiger partial charge in [0, 0.05) is 17.2 Å². The van der Waals surface area contributed by atoms with Gasteiger partial charge < -0.3 is 15.1 Å². The summed E-state index contributed by atoms with van der Waals surface area (Å²) >= 11 is 0. The summed E-state index contributed by atoms with van der Waals surface area (Å²) < 4.78 is 5.12. The molecule has 2 N–H and O–H groups in total. The van der Waals surface area contributed by atoms with Gasteiger partial charge in [0.15, 0.2) is 0 Å². The highest BCUT2D eigenvalue weighted by atomic mass is 16.4. The lowest BCUT2D eigenvalue weighted by Crippen LogP contribution is -2.48. The van der Waals surface area contributed by atoms with Crippen LogP contribution < -0.4 is 10.6 Å². The highest BCUT2D eigenvalue weighted by Crippen LogP contribution is 2.21. The normalized spacial score (nSPS) is 16.4. The van der Waals surface area contributed by atoms with Crippen LogP contribution in [0.25, 0.3) is 11.5 Å². The van der Waals surface area contributed by atoms with Crippen molar-refractivity contribution in [2.75, 3.05) is 18.4 Å². The molecular formula is C14H16N4O2. The van der Waals surface area contributed by atoms with Crippen LogP contribution in [0.1, 0.15) is 6.92 Å². The monoisotopic (exact) mass is 272 g/mol. The quantitative estimate of drug-likeness (QED) is 0.882. The Morgan fingerprint density at radius 1 is 1.40 bits per heavy atom. The lowest BCUT2D eigenvalue weighted by molar-refractivity contribution is -0.121. The first-order chi connectivity index (χ1) is 9.74. The van der Waals surface area contributed by atoms with E-state index in [1.54, 1.807) is 0 Å². The van der Waals surface area contributed by atoms with Gasteiger partial charge in [0.1, 0.15) is 0 Å². The zero-order valence-corrected chi connectivity index (χ0v) is 11.2. The molecule has 0 aliphatic carbocycles. The van der Waals surface area contributed by atoms with E-state index >= 15 is 0 Å². The first kappa shape index (κ1) is 12.8. The summed E-state index contributed by atoms with van der Waals surface area (Å²) in [6.07, 6.45) is 1.29. The zero-order valence-electron chi connectivity index (χ0n) is 11.2. The minimum absolute atomic E-state index is 0.0202. The Labute approximate surface area is 116 Å². The lowest BCUT2D eigenvalue weighted by Gasteiger charge is -2.31. The van der Waals surface area contributed by atoms with E-state index in [2.05, 4.69) is 20.8 Å². The highest BCUT2D eigenvalue weighted by molar-refractivity contribution is 5.92. The summed E-state index contributed by atoms with van der Waals surface area (Å²) in [5, 5.41) is 13.6. The lowest BCUT2D eigenvalue weighted by atomic mass is 9.88. The Bertz CT molecular complexity index is 576. The molecule has 1 atom stereocenters. The van der Waals surface area contributed by atoms with Crippen molar-refractivity contribution >= 4 is 11.6 Å². The predicted octanol–water partition coefficient (Wildman–Crippen LogP) is 1.53.